The molecule has 1 aromatic carbocycles. The van der Waals surface area contributed by atoms with E-state index in [1.807, 2.05) is 4.90 Å². The molecule has 1 N–H and O–H groups in total. The zero-order chi connectivity index (χ0) is 19.2. The summed E-state index contributed by atoms with van der Waals surface area (Å²) < 4.78 is 0. The molecule has 2 aliphatic heterocycles. The van der Waals surface area contributed by atoms with Crippen molar-refractivity contribution in [2.45, 2.75) is 63.7 Å². The highest BCUT2D eigenvalue weighted by atomic mass is 35.5. The first-order valence-corrected chi connectivity index (χ1v) is 10.4. The summed E-state index contributed by atoms with van der Waals surface area (Å²) in [5.41, 5.74) is 0.400. The number of likely N-dealkylation sites (tertiary alicyclic amines) is 1. The van der Waals surface area contributed by atoms with E-state index in [4.69, 9.17) is 11.6 Å². The molecule has 4 rings (SSSR count). The van der Waals surface area contributed by atoms with E-state index in [9.17, 15) is 9.59 Å². The fourth-order valence-electron chi connectivity index (χ4n) is 4.57. The van der Waals surface area contributed by atoms with E-state index < -0.39 is 0 Å². The van der Waals surface area contributed by atoms with Crippen molar-refractivity contribution in [1.29, 1.82) is 0 Å². The minimum Gasteiger partial charge on any atom is -0.338 e. The third-order valence-corrected chi connectivity index (χ3v) is 6.28. The van der Waals surface area contributed by atoms with Gasteiger partial charge in [-0.05, 0) is 49.4 Å². The molecule has 5 nitrogen and oxygen atoms in total. The molecule has 2 amide bonds. The summed E-state index contributed by atoms with van der Waals surface area (Å²) in [6, 6.07) is 7.37. The summed E-state index contributed by atoms with van der Waals surface area (Å²) in [6.45, 7) is 5.66. The summed E-state index contributed by atoms with van der Waals surface area (Å²) >= 11 is 5.93. The Labute approximate surface area is 166 Å². The van der Waals surface area contributed by atoms with Gasteiger partial charge in [-0.1, -0.05) is 25.4 Å². The first kappa shape index (κ1) is 18.8. The number of piperidine rings is 1. The van der Waals surface area contributed by atoms with Crippen LogP contribution in [0.25, 0.3) is 0 Å². The fourth-order valence-corrected chi connectivity index (χ4v) is 4.69. The maximum Gasteiger partial charge on any atom is 0.253 e. The van der Waals surface area contributed by atoms with Gasteiger partial charge in [-0.3, -0.25) is 14.9 Å². The van der Waals surface area contributed by atoms with Crippen molar-refractivity contribution in [3.63, 3.8) is 0 Å². The summed E-state index contributed by atoms with van der Waals surface area (Å²) in [5, 5.41) is 4.32. The van der Waals surface area contributed by atoms with Crippen molar-refractivity contribution in [2.24, 2.45) is 5.92 Å². The Morgan fingerprint density at radius 2 is 1.85 bits per heavy atom. The van der Waals surface area contributed by atoms with Crippen LogP contribution in [-0.2, 0) is 4.79 Å². The van der Waals surface area contributed by atoms with Crippen LogP contribution in [0.5, 0.6) is 0 Å². The number of hydrogen-bond acceptors (Lipinski definition) is 3. The van der Waals surface area contributed by atoms with Crippen molar-refractivity contribution in [3.05, 3.63) is 34.9 Å². The van der Waals surface area contributed by atoms with Crippen molar-refractivity contribution >= 4 is 23.4 Å². The molecule has 1 spiro atoms. The van der Waals surface area contributed by atoms with Crippen LogP contribution < -0.4 is 5.32 Å². The summed E-state index contributed by atoms with van der Waals surface area (Å²) in [5.74, 6) is 0.792. The second kappa shape index (κ2) is 7.10. The molecule has 3 fully saturated rings. The average molecular weight is 390 g/mol. The van der Waals surface area contributed by atoms with Crippen molar-refractivity contribution in [2.75, 3.05) is 13.1 Å². The zero-order valence-corrected chi connectivity index (χ0v) is 16.8. The van der Waals surface area contributed by atoms with Gasteiger partial charge in [0.15, 0.2) is 0 Å². The molecule has 0 aromatic heterocycles. The van der Waals surface area contributed by atoms with E-state index in [1.165, 1.54) is 0 Å². The zero-order valence-electron chi connectivity index (χ0n) is 16.1. The van der Waals surface area contributed by atoms with Crippen molar-refractivity contribution in [3.8, 4) is 0 Å². The summed E-state index contributed by atoms with van der Waals surface area (Å²) in [7, 11) is 0. The number of halogens is 1. The van der Waals surface area contributed by atoms with E-state index in [0.717, 1.165) is 32.1 Å². The van der Waals surface area contributed by atoms with Crippen LogP contribution in [0.4, 0.5) is 0 Å². The molecule has 2 heterocycles. The normalized spacial score (nSPS) is 24.9. The van der Waals surface area contributed by atoms with E-state index in [2.05, 4.69) is 24.1 Å². The Morgan fingerprint density at radius 1 is 1.22 bits per heavy atom. The number of benzene rings is 1. The highest BCUT2D eigenvalue weighted by Crippen LogP contribution is 2.42. The highest BCUT2D eigenvalue weighted by molar-refractivity contribution is 6.30. The summed E-state index contributed by atoms with van der Waals surface area (Å²) in [4.78, 5) is 29.9. The lowest BCUT2D eigenvalue weighted by atomic mass is 9.95. The van der Waals surface area contributed by atoms with Gasteiger partial charge in [0.05, 0.1) is 11.7 Å². The van der Waals surface area contributed by atoms with Crippen LogP contribution in [-0.4, -0.2) is 52.5 Å². The van der Waals surface area contributed by atoms with Crippen LogP contribution in [0.2, 0.25) is 5.02 Å². The molecule has 6 heteroatoms. The van der Waals surface area contributed by atoms with Crippen LogP contribution in [0.1, 0.15) is 56.3 Å². The van der Waals surface area contributed by atoms with E-state index >= 15 is 0 Å². The van der Waals surface area contributed by atoms with Crippen LogP contribution >= 0.6 is 11.6 Å². The van der Waals surface area contributed by atoms with Crippen LogP contribution in [0.15, 0.2) is 24.3 Å². The molecule has 2 saturated heterocycles. The van der Waals surface area contributed by atoms with Crippen molar-refractivity contribution < 1.29 is 9.59 Å². The summed E-state index contributed by atoms with van der Waals surface area (Å²) in [6.07, 6.45) is 4.68. The molecule has 3 aliphatic rings. The Hall–Kier alpha value is -1.59. The molecule has 1 aromatic rings. The lowest BCUT2D eigenvalue weighted by Gasteiger charge is -2.45. The minimum absolute atomic E-state index is 0.0440. The predicted octanol–water partition coefficient (Wildman–Crippen LogP) is 3.28. The van der Waals surface area contributed by atoms with Gasteiger partial charge in [0.1, 0.15) is 0 Å². The molecular formula is C21H28ClN3O2. The molecule has 146 valence electrons. The molecule has 1 atom stereocenters. The molecule has 0 unspecified atom stereocenters. The number of hydrogen-bond donors (Lipinski definition) is 1. The Kier molecular flexibility index (Phi) is 4.93. The van der Waals surface area contributed by atoms with Crippen LogP contribution in [0.3, 0.4) is 0 Å². The molecule has 1 saturated carbocycles. The Morgan fingerprint density at radius 3 is 2.41 bits per heavy atom. The first-order valence-electron chi connectivity index (χ1n) is 10.1. The van der Waals surface area contributed by atoms with E-state index in [-0.39, 0.29) is 23.5 Å². The van der Waals surface area contributed by atoms with E-state index in [0.29, 0.717) is 35.6 Å². The average Bonchev–Trinajstić information content (AvgIpc) is 3.43. The van der Waals surface area contributed by atoms with Crippen LogP contribution in [0, 0.1) is 5.92 Å². The van der Waals surface area contributed by atoms with Gasteiger partial charge in [-0.2, -0.15) is 0 Å². The minimum atomic E-state index is -0.269. The third kappa shape index (κ3) is 3.59. The largest absolute Gasteiger partial charge is 0.338 e. The monoisotopic (exact) mass is 389 g/mol. The molecule has 27 heavy (non-hydrogen) atoms. The topological polar surface area (TPSA) is 52.7 Å². The number of nitrogens with one attached hydrogen (secondary N) is 1. The number of carbonyl (C=O) groups is 2. The Balaban J connectivity index is 1.47. The first-order chi connectivity index (χ1) is 12.9. The predicted molar refractivity (Wildman–Crippen MR) is 106 cm³/mol. The molecule has 0 radical (unpaired) electrons. The molecular weight excluding hydrogens is 362 g/mol. The van der Waals surface area contributed by atoms with Gasteiger partial charge in [0.2, 0.25) is 5.91 Å². The van der Waals surface area contributed by atoms with Gasteiger partial charge < -0.3 is 9.80 Å². The number of amides is 2. The van der Waals surface area contributed by atoms with Gasteiger partial charge in [-0.25, -0.2) is 0 Å². The Bertz CT molecular complexity index is 721. The lowest BCUT2D eigenvalue weighted by molar-refractivity contribution is -0.134. The van der Waals surface area contributed by atoms with Gasteiger partial charge in [-0.15, -0.1) is 0 Å². The van der Waals surface area contributed by atoms with Gasteiger partial charge >= 0.3 is 0 Å². The van der Waals surface area contributed by atoms with E-state index in [1.54, 1.807) is 24.3 Å². The molecule has 1 aliphatic carbocycles. The maximum absolute atomic E-state index is 13.0. The standard InChI is InChI=1S/C21H28ClN3O2/c1-14(2)13-18-20(27)25(17-7-8-17)21(23-18)9-11-24(12-10-21)19(26)15-3-5-16(22)6-4-15/h3-6,14,17-18,23H,7-13H2,1-2H3/t18-/m1/s1. The second-order valence-corrected chi connectivity index (χ2v) is 9.03. The van der Waals surface area contributed by atoms with Gasteiger partial charge in [0, 0.05) is 42.6 Å². The lowest BCUT2D eigenvalue weighted by Crippen LogP contribution is -2.60. The number of nitrogens with zero attached hydrogens (tertiary/aromatic N) is 2. The third-order valence-electron chi connectivity index (χ3n) is 6.03. The number of rotatable bonds is 4. The maximum atomic E-state index is 13.0. The highest BCUT2D eigenvalue weighted by Gasteiger charge is 2.56. The second-order valence-electron chi connectivity index (χ2n) is 8.60. The SMILES string of the molecule is CC(C)C[C@H]1NC2(CCN(C(=O)c3ccc(Cl)cc3)CC2)N(C2CC2)C1=O. The smallest absolute Gasteiger partial charge is 0.253 e. The fraction of sp³-hybridized carbons (Fsp3) is 0.619. The quantitative estimate of drug-likeness (QED) is 0.859. The van der Waals surface area contributed by atoms with Crippen molar-refractivity contribution in [1.82, 2.24) is 15.1 Å². The van der Waals surface area contributed by atoms with Gasteiger partial charge in [0.25, 0.3) is 5.91 Å². The molecule has 0 bridgehead atoms. The number of carbonyl (C=O) groups excluding carboxylic acids is 2.